The molecule has 0 spiro atoms. The number of para-hydroxylation sites is 1. The summed E-state index contributed by atoms with van der Waals surface area (Å²) < 4.78 is 5.74. The first-order chi connectivity index (χ1) is 15.4. The Labute approximate surface area is 190 Å². The number of benzene rings is 1. The normalized spacial score (nSPS) is 34.1. The summed E-state index contributed by atoms with van der Waals surface area (Å²) >= 11 is 0. The van der Waals surface area contributed by atoms with E-state index in [1.54, 1.807) is 11.8 Å². The second-order valence-electron chi connectivity index (χ2n) is 10.7. The lowest BCUT2D eigenvalue weighted by atomic mass is 9.48. The van der Waals surface area contributed by atoms with Crippen LogP contribution in [-0.2, 0) is 14.3 Å². The van der Waals surface area contributed by atoms with E-state index in [4.69, 9.17) is 4.74 Å². The second-order valence-corrected chi connectivity index (χ2v) is 10.7. The highest BCUT2D eigenvalue weighted by Gasteiger charge is 2.55. The third-order valence-corrected chi connectivity index (χ3v) is 8.29. The highest BCUT2D eigenvalue weighted by molar-refractivity contribution is 5.92. The van der Waals surface area contributed by atoms with Crippen LogP contribution in [-0.4, -0.2) is 41.9 Å². The van der Waals surface area contributed by atoms with Gasteiger partial charge >= 0.3 is 12.0 Å². The predicted octanol–water partition coefficient (Wildman–Crippen LogP) is 4.65. The third-order valence-electron chi connectivity index (χ3n) is 8.29. The number of anilines is 1. The van der Waals surface area contributed by atoms with Crippen molar-refractivity contribution < 1.29 is 19.1 Å². The molecule has 6 heteroatoms. The summed E-state index contributed by atoms with van der Waals surface area (Å²) in [5.41, 5.74) is 0.472. The van der Waals surface area contributed by atoms with Gasteiger partial charge in [0.25, 0.3) is 0 Å². The van der Waals surface area contributed by atoms with E-state index in [-0.39, 0.29) is 29.1 Å². The van der Waals surface area contributed by atoms with E-state index >= 15 is 0 Å². The smallest absolute Gasteiger partial charge is 0.321 e. The maximum atomic E-state index is 13.4. The van der Waals surface area contributed by atoms with Gasteiger partial charge in [0.05, 0.1) is 5.92 Å². The summed E-state index contributed by atoms with van der Waals surface area (Å²) in [6.07, 6.45) is 7.53. The Balaban J connectivity index is 1.17. The quantitative estimate of drug-likeness (QED) is 0.679. The summed E-state index contributed by atoms with van der Waals surface area (Å²) in [4.78, 5) is 40.7. The van der Waals surface area contributed by atoms with Crippen LogP contribution in [0.15, 0.2) is 30.3 Å². The van der Waals surface area contributed by atoms with E-state index in [9.17, 15) is 14.4 Å². The number of hydrogen-bond donors (Lipinski definition) is 1. The maximum absolute atomic E-state index is 13.4. The van der Waals surface area contributed by atoms with Crippen LogP contribution in [0.2, 0.25) is 0 Å². The number of urea groups is 1. The lowest BCUT2D eigenvalue weighted by Crippen LogP contribution is -2.53. The number of nitrogens with one attached hydrogen (secondary N) is 1. The molecule has 0 aromatic heterocycles. The Morgan fingerprint density at radius 1 is 1.03 bits per heavy atom. The Hall–Kier alpha value is -2.37. The summed E-state index contributed by atoms with van der Waals surface area (Å²) in [7, 11) is 0. The second kappa shape index (κ2) is 8.53. The minimum Gasteiger partial charge on any atom is -0.454 e. The topological polar surface area (TPSA) is 75.7 Å². The van der Waals surface area contributed by atoms with Crippen LogP contribution in [0.5, 0.6) is 0 Å². The molecule has 1 saturated heterocycles. The molecule has 0 radical (unpaired) electrons. The van der Waals surface area contributed by atoms with Crippen LogP contribution in [0, 0.1) is 29.1 Å². The zero-order valence-corrected chi connectivity index (χ0v) is 18.9. The van der Waals surface area contributed by atoms with Crippen molar-refractivity contribution in [1.29, 1.82) is 0 Å². The number of ketones is 1. The van der Waals surface area contributed by atoms with E-state index < -0.39 is 6.10 Å². The van der Waals surface area contributed by atoms with Gasteiger partial charge in [-0.1, -0.05) is 18.2 Å². The van der Waals surface area contributed by atoms with Crippen molar-refractivity contribution in [1.82, 2.24) is 4.90 Å². The SMILES string of the molecule is C[C@H](OC(=O)[C@@H]1CCCN(C(=O)Nc2ccccc2)C1)C(=O)C12CC3CC(CC(C3)C1)C2. The lowest BCUT2D eigenvalue weighted by molar-refractivity contribution is -0.168. The monoisotopic (exact) mass is 438 g/mol. The van der Waals surface area contributed by atoms with E-state index in [0.29, 0.717) is 37.3 Å². The van der Waals surface area contributed by atoms with Crippen molar-refractivity contribution in [2.45, 2.75) is 64.4 Å². The van der Waals surface area contributed by atoms with Crippen LogP contribution in [0.3, 0.4) is 0 Å². The molecule has 32 heavy (non-hydrogen) atoms. The largest absolute Gasteiger partial charge is 0.454 e. The lowest BCUT2D eigenvalue weighted by Gasteiger charge is -2.56. The Morgan fingerprint density at radius 3 is 2.28 bits per heavy atom. The Morgan fingerprint density at radius 2 is 1.66 bits per heavy atom. The van der Waals surface area contributed by atoms with Crippen molar-refractivity contribution in [2.24, 2.45) is 29.1 Å². The van der Waals surface area contributed by atoms with Gasteiger partial charge in [-0.2, -0.15) is 0 Å². The fourth-order valence-electron chi connectivity index (χ4n) is 7.25. The van der Waals surface area contributed by atoms with Gasteiger partial charge in [-0.15, -0.1) is 0 Å². The van der Waals surface area contributed by atoms with Gasteiger partial charge in [0, 0.05) is 24.2 Å². The van der Waals surface area contributed by atoms with E-state index in [1.807, 2.05) is 30.3 Å². The van der Waals surface area contributed by atoms with Gasteiger partial charge < -0.3 is 15.0 Å². The number of piperidine rings is 1. The van der Waals surface area contributed by atoms with Gasteiger partial charge in [-0.25, -0.2) is 4.79 Å². The molecule has 6 rings (SSSR count). The number of nitrogens with zero attached hydrogens (tertiary/aromatic N) is 1. The molecule has 2 atom stereocenters. The maximum Gasteiger partial charge on any atom is 0.321 e. The van der Waals surface area contributed by atoms with Gasteiger partial charge in [-0.05, 0) is 88.2 Å². The molecule has 172 valence electrons. The highest BCUT2D eigenvalue weighted by atomic mass is 16.5. The van der Waals surface area contributed by atoms with Crippen molar-refractivity contribution in [3.63, 3.8) is 0 Å². The van der Waals surface area contributed by atoms with Crippen LogP contribution < -0.4 is 5.32 Å². The summed E-state index contributed by atoms with van der Waals surface area (Å²) in [5, 5.41) is 2.89. The Bertz CT molecular complexity index is 848. The molecular formula is C26H34N2O4. The molecule has 1 heterocycles. The molecule has 4 saturated carbocycles. The first-order valence-corrected chi connectivity index (χ1v) is 12.3. The van der Waals surface area contributed by atoms with Crippen LogP contribution in [0.4, 0.5) is 10.5 Å². The van der Waals surface area contributed by atoms with Gasteiger partial charge in [-0.3, -0.25) is 9.59 Å². The minimum atomic E-state index is -0.702. The summed E-state index contributed by atoms with van der Waals surface area (Å²) in [6, 6.07) is 9.11. The number of hydrogen-bond acceptors (Lipinski definition) is 4. The van der Waals surface area contributed by atoms with Crippen molar-refractivity contribution in [2.75, 3.05) is 18.4 Å². The summed E-state index contributed by atoms with van der Waals surface area (Å²) in [6.45, 7) is 2.70. The molecule has 2 amide bonds. The first-order valence-electron chi connectivity index (χ1n) is 12.3. The fraction of sp³-hybridized carbons (Fsp3) is 0.654. The predicted molar refractivity (Wildman–Crippen MR) is 121 cm³/mol. The molecule has 4 aliphatic carbocycles. The molecule has 1 aliphatic heterocycles. The number of ether oxygens (including phenoxy) is 1. The fourth-order valence-corrected chi connectivity index (χ4v) is 7.25. The molecule has 1 aromatic rings. The van der Waals surface area contributed by atoms with Gasteiger partial charge in [0.2, 0.25) is 0 Å². The number of Topliss-reactive ketones (excluding diaryl/α,β-unsaturated/α-hetero) is 1. The number of amides is 2. The van der Waals surface area contributed by atoms with Gasteiger partial charge in [0.1, 0.15) is 0 Å². The molecule has 0 unspecified atom stereocenters. The van der Waals surface area contributed by atoms with Crippen molar-refractivity contribution in [3.05, 3.63) is 30.3 Å². The number of carbonyl (C=O) groups excluding carboxylic acids is 3. The van der Waals surface area contributed by atoms with Crippen LogP contribution >= 0.6 is 0 Å². The average Bonchev–Trinajstić information content (AvgIpc) is 2.78. The number of esters is 1. The first kappa shape index (κ1) is 21.5. The van der Waals surface area contributed by atoms with Crippen LogP contribution in [0.1, 0.15) is 58.3 Å². The van der Waals surface area contributed by atoms with Crippen LogP contribution in [0.25, 0.3) is 0 Å². The zero-order valence-electron chi connectivity index (χ0n) is 18.9. The molecule has 5 aliphatic rings. The highest BCUT2D eigenvalue weighted by Crippen LogP contribution is 2.60. The van der Waals surface area contributed by atoms with E-state index in [0.717, 1.165) is 31.4 Å². The standard InChI is InChI=1S/C26H34N2O4/c1-17(23(29)26-13-18-10-19(14-26)12-20(11-18)15-26)32-24(30)21-6-5-9-28(16-21)25(31)27-22-7-3-2-4-8-22/h2-4,7-8,17-21H,5-6,9-16H2,1H3,(H,27,31)/t17-,18?,19?,20?,21+,26?/m0/s1. The molecular weight excluding hydrogens is 404 g/mol. The third kappa shape index (κ3) is 4.16. The van der Waals surface area contributed by atoms with E-state index in [1.165, 1.54) is 19.3 Å². The molecule has 5 fully saturated rings. The number of likely N-dealkylation sites (tertiary alicyclic amines) is 1. The average molecular weight is 439 g/mol. The molecule has 6 nitrogen and oxygen atoms in total. The number of rotatable bonds is 5. The van der Waals surface area contributed by atoms with E-state index in [2.05, 4.69) is 5.32 Å². The zero-order chi connectivity index (χ0) is 22.3. The molecule has 1 aromatic carbocycles. The molecule has 1 N–H and O–H groups in total. The summed E-state index contributed by atoms with van der Waals surface area (Å²) in [5.74, 6) is 1.47. The van der Waals surface area contributed by atoms with Crippen molar-refractivity contribution >= 4 is 23.5 Å². The minimum absolute atomic E-state index is 0.138. The molecule has 4 bridgehead atoms. The van der Waals surface area contributed by atoms with Crippen molar-refractivity contribution in [3.8, 4) is 0 Å². The number of carbonyl (C=O) groups is 3. The van der Waals surface area contributed by atoms with Gasteiger partial charge in [0.15, 0.2) is 11.9 Å². The Kier molecular flexibility index (Phi) is 5.72.